The zero-order valence-electron chi connectivity index (χ0n) is 16.1. The van der Waals surface area contributed by atoms with Gasteiger partial charge in [-0.2, -0.15) is 0 Å². The highest BCUT2D eigenvalue weighted by Crippen LogP contribution is 2.17. The Morgan fingerprint density at radius 3 is 2.88 bits per heavy atom. The Labute approximate surface area is 173 Å². The molecule has 2 heterocycles. The molecule has 1 aromatic rings. The maximum atomic E-state index is 5.71. The molecule has 26 heavy (non-hydrogen) atoms. The number of halogens is 1. The molecule has 0 bridgehead atoms. The van der Waals surface area contributed by atoms with Gasteiger partial charge in [-0.3, -0.25) is 9.89 Å². The van der Waals surface area contributed by atoms with Crippen molar-refractivity contribution in [2.45, 2.75) is 18.9 Å². The van der Waals surface area contributed by atoms with E-state index in [1.54, 1.807) is 13.3 Å². The van der Waals surface area contributed by atoms with Gasteiger partial charge in [-0.1, -0.05) is 0 Å². The van der Waals surface area contributed by atoms with Crippen LogP contribution in [0.2, 0.25) is 0 Å². The van der Waals surface area contributed by atoms with Crippen LogP contribution in [0.1, 0.15) is 24.6 Å². The van der Waals surface area contributed by atoms with E-state index in [0.29, 0.717) is 5.92 Å². The summed E-state index contributed by atoms with van der Waals surface area (Å²) in [5, 5.41) is 6.68. The van der Waals surface area contributed by atoms with Crippen LogP contribution in [0.5, 0.6) is 0 Å². The van der Waals surface area contributed by atoms with E-state index in [9.17, 15) is 0 Å². The lowest BCUT2D eigenvalue weighted by atomic mass is 10.1. The Hall–Kier alpha value is -0.840. The molecule has 7 nitrogen and oxygen atoms in total. The molecule has 0 aromatic carbocycles. The Morgan fingerprint density at radius 2 is 2.27 bits per heavy atom. The summed E-state index contributed by atoms with van der Waals surface area (Å²) in [5.74, 6) is 2.31. The van der Waals surface area contributed by atoms with Crippen molar-refractivity contribution in [2.24, 2.45) is 10.9 Å². The van der Waals surface area contributed by atoms with Crippen molar-refractivity contribution >= 4 is 29.9 Å². The zero-order chi connectivity index (χ0) is 17.9. The number of hydrogen-bond acceptors (Lipinski definition) is 5. The fraction of sp³-hybridized carbons (Fsp3) is 0.722. The van der Waals surface area contributed by atoms with Gasteiger partial charge >= 0.3 is 0 Å². The first kappa shape index (κ1) is 23.2. The summed E-state index contributed by atoms with van der Waals surface area (Å²) in [6.45, 7) is 4.83. The molecular weight excluding hydrogens is 447 g/mol. The normalized spacial score (nSPS) is 18.6. The number of likely N-dealkylation sites (N-methyl/N-ethyl adjacent to an activating group) is 1. The van der Waals surface area contributed by atoms with Crippen molar-refractivity contribution in [3.05, 3.63) is 24.2 Å². The summed E-state index contributed by atoms with van der Waals surface area (Å²) < 4.78 is 16.6. The second-order valence-corrected chi connectivity index (χ2v) is 6.53. The lowest BCUT2D eigenvalue weighted by Crippen LogP contribution is -2.42. The van der Waals surface area contributed by atoms with Gasteiger partial charge in [0, 0.05) is 39.3 Å². The molecular formula is C18H33IN4O3. The topological polar surface area (TPSA) is 71.3 Å². The Balaban J connectivity index is 0.00000338. The molecule has 2 N–H and O–H groups in total. The molecule has 0 aliphatic carbocycles. The fourth-order valence-corrected chi connectivity index (χ4v) is 2.78. The Morgan fingerprint density at radius 1 is 1.42 bits per heavy atom. The number of nitrogens with zero attached hydrogens (tertiary/aromatic N) is 2. The van der Waals surface area contributed by atoms with Gasteiger partial charge in [-0.15, -0.1) is 24.0 Å². The van der Waals surface area contributed by atoms with Crippen molar-refractivity contribution in [3.63, 3.8) is 0 Å². The molecule has 0 radical (unpaired) electrons. The molecule has 150 valence electrons. The van der Waals surface area contributed by atoms with E-state index in [-0.39, 0.29) is 30.0 Å². The van der Waals surface area contributed by atoms with Gasteiger partial charge in [0.1, 0.15) is 5.76 Å². The van der Waals surface area contributed by atoms with Crippen LogP contribution in [0, 0.1) is 5.92 Å². The van der Waals surface area contributed by atoms with Crippen LogP contribution in [-0.4, -0.2) is 71.5 Å². The number of rotatable bonds is 10. The molecule has 1 fully saturated rings. The minimum absolute atomic E-state index is 0. The first-order valence-corrected chi connectivity index (χ1v) is 9.00. The third-order valence-electron chi connectivity index (χ3n) is 4.32. The van der Waals surface area contributed by atoms with E-state index in [0.717, 1.165) is 64.1 Å². The van der Waals surface area contributed by atoms with Gasteiger partial charge in [0.05, 0.1) is 25.5 Å². The Bertz CT molecular complexity index is 491. The van der Waals surface area contributed by atoms with Gasteiger partial charge in [-0.05, 0) is 39.1 Å². The highest BCUT2D eigenvalue weighted by Gasteiger charge is 2.17. The van der Waals surface area contributed by atoms with Gasteiger partial charge in [0.25, 0.3) is 0 Å². The number of guanidine groups is 1. The van der Waals surface area contributed by atoms with Crippen molar-refractivity contribution in [3.8, 4) is 0 Å². The largest absolute Gasteiger partial charge is 0.468 e. The smallest absolute Gasteiger partial charge is 0.191 e. The summed E-state index contributed by atoms with van der Waals surface area (Å²) >= 11 is 0. The van der Waals surface area contributed by atoms with Crippen LogP contribution in [-0.2, 0) is 9.47 Å². The molecule has 8 heteroatoms. The van der Waals surface area contributed by atoms with Gasteiger partial charge in [-0.25, -0.2) is 0 Å². The van der Waals surface area contributed by atoms with Gasteiger partial charge in [0.2, 0.25) is 0 Å². The SMILES string of the molecule is CN=C(NCCCOCC1CCOC1)NCC(c1ccco1)N(C)C.I. The van der Waals surface area contributed by atoms with E-state index in [4.69, 9.17) is 13.9 Å². The van der Waals surface area contributed by atoms with Gasteiger partial charge in [0.15, 0.2) is 5.96 Å². The fourth-order valence-electron chi connectivity index (χ4n) is 2.78. The minimum Gasteiger partial charge on any atom is -0.468 e. The standard InChI is InChI=1S/C18H32N4O3.HI/c1-19-18(20-8-5-9-23-13-15-7-11-24-14-15)21-12-16(22(2)3)17-6-4-10-25-17;/h4,6,10,15-16H,5,7-9,11-14H2,1-3H3,(H2,19,20,21);1H. The first-order valence-electron chi connectivity index (χ1n) is 9.00. The molecule has 0 amide bonds. The van der Waals surface area contributed by atoms with E-state index >= 15 is 0 Å². The summed E-state index contributed by atoms with van der Waals surface area (Å²) in [7, 11) is 5.86. The molecule has 1 aromatic heterocycles. The summed E-state index contributed by atoms with van der Waals surface area (Å²) in [4.78, 5) is 6.39. The second-order valence-electron chi connectivity index (χ2n) is 6.53. The molecule has 2 unspecified atom stereocenters. The quantitative estimate of drug-likeness (QED) is 0.232. The highest BCUT2D eigenvalue weighted by molar-refractivity contribution is 14.0. The van der Waals surface area contributed by atoms with Crippen LogP contribution in [0.4, 0.5) is 0 Å². The molecule has 0 spiro atoms. The van der Waals surface area contributed by atoms with E-state index in [2.05, 4.69) is 20.5 Å². The molecule has 1 aliphatic rings. The minimum atomic E-state index is 0. The van der Waals surface area contributed by atoms with E-state index in [1.165, 1.54) is 0 Å². The monoisotopic (exact) mass is 480 g/mol. The van der Waals surface area contributed by atoms with Crippen molar-refractivity contribution in [1.29, 1.82) is 0 Å². The van der Waals surface area contributed by atoms with Crippen molar-refractivity contribution < 1.29 is 13.9 Å². The maximum absolute atomic E-state index is 5.71. The molecule has 2 atom stereocenters. The zero-order valence-corrected chi connectivity index (χ0v) is 18.4. The van der Waals surface area contributed by atoms with E-state index < -0.39 is 0 Å². The molecule has 2 rings (SSSR count). The van der Waals surface area contributed by atoms with Crippen molar-refractivity contribution in [1.82, 2.24) is 15.5 Å². The number of nitrogens with one attached hydrogen (secondary N) is 2. The number of furan rings is 1. The number of hydrogen-bond donors (Lipinski definition) is 2. The van der Waals surface area contributed by atoms with Gasteiger partial charge < -0.3 is 24.5 Å². The third-order valence-corrected chi connectivity index (χ3v) is 4.32. The maximum Gasteiger partial charge on any atom is 0.191 e. The molecule has 1 saturated heterocycles. The molecule has 0 saturated carbocycles. The number of ether oxygens (including phenoxy) is 2. The van der Waals surface area contributed by atoms with Crippen LogP contribution >= 0.6 is 24.0 Å². The lowest BCUT2D eigenvalue weighted by Gasteiger charge is -2.23. The van der Waals surface area contributed by atoms with Crippen LogP contribution in [0.25, 0.3) is 0 Å². The third kappa shape index (κ3) is 8.24. The van der Waals surface area contributed by atoms with Crippen LogP contribution in [0.3, 0.4) is 0 Å². The average molecular weight is 480 g/mol. The summed E-state index contributed by atoms with van der Waals surface area (Å²) in [6.07, 6.45) is 3.78. The van der Waals surface area contributed by atoms with Crippen LogP contribution < -0.4 is 10.6 Å². The second kappa shape index (κ2) is 13.3. The lowest BCUT2D eigenvalue weighted by molar-refractivity contribution is 0.0888. The predicted octanol–water partition coefficient (Wildman–Crippen LogP) is 2.11. The summed E-state index contributed by atoms with van der Waals surface area (Å²) in [5.41, 5.74) is 0. The highest BCUT2D eigenvalue weighted by atomic mass is 127. The number of aliphatic imine (C=N–C) groups is 1. The molecule has 1 aliphatic heterocycles. The van der Waals surface area contributed by atoms with Crippen molar-refractivity contribution in [2.75, 3.05) is 60.7 Å². The average Bonchev–Trinajstić information content (AvgIpc) is 3.29. The van der Waals surface area contributed by atoms with E-state index in [1.807, 2.05) is 26.2 Å². The Kier molecular flexibility index (Phi) is 11.9. The first-order chi connectivity index (χ1) is 12.2. The summed E-state index contributed by atoms with van der Waals surface area (Å²) in [6, 6.07) is 4.07. The predicted molar refractivity (Wildman–Crippen MR) is 114 cm³/mol. The van der Waals surface area contributed by atoms with Crippen LogP contribution in [0.15, 0.2) is 27.8 Å².